The van der Waals surface area contributed by atoms with Gasteiger partial charge in [0.1, 0.15) is 6.07 Å². The highest BCUT2D eigenvalue weighted by atomic mass is 16.5. The van der Waals surface area contributed by atoms with Crippen LogP contribution in [-0.2, 0) is 4.74 Å². The summed E-state index contributed by atoms with van der Waals surface area (Å²) < 4.78 is 5.77. The van der Waals surface area contributed by atoms with Crippen molar-refractivity contribution in [1.29, 1.82) is 5.26 Å². The lowest BCUT2D eigenvalue weighted by molar-refractivity contribution is -0.0443. The number of morpholine rings is 1. The fourth-order valence-corrected chi connectivity index (χ4v) is 1.89. The number of ether oxygens (including phenoxy) is 1. The van der Waals surface area contributed by atoms with Crippen LogP contribution in [0.2, 0.25) is 0 Å². The number of rotatable bonds is 2. The van der Waals surface area contributed by atoms with Gasteiger partial charge in [-0.1, -0.05) is 6.92 Å². The summed E-state index contributed by atoms with van der Waals surface area (Å²) in [6.45, 7) is 6.55. The summed E-state index contributed by atoms with van der Waals surface area (Å²) in [4.78, 5) is 2.15. The monoisotopic (exact) mass is 232 g/mol. The van der Waals surface area contributed by atoms with Crippen molar-refractivity contribution in [2.45, 2.75) is 25.9 Å². The molecule has 1 aliphatic heterocycles. The lowest BCUT2D eigenvalue weighted by Gasteiger charge is -2.40. The molecule has 0 radical (unpaired) electrons. The van der Waals surface area contributed by atoms with E-state index in [1.807, 2.05) is 12.1 Å². The Morgan fingerprint density at radius 3 is 2.94 bits per heavy atom. The first kappa shape index (κ1) is 11.8. The third-order valence-electron chi connectivity index (χ3n) is 3.17. The van der Waals surface area contributed by atoms with Gasteiger partial charge in [-0.05, 0) is 25.5 Å². The molecule has 17 heavy (non-hydrogen) atoms. The van der Waals surface area contributed by atoms with Crippen LogP contribution in [0.25, 0.3) is 0 Å². The maximum absolute atomic E-state index is 8.67. The summed E-state index contributed by atoms with van der Waals surface area (Å²) in [5.74, 6) is 0.812. The molecule has 1 aromatic heterocycles. The van der Waals surface area contributed by atoms with Gasteiger partial charge in [0.25, 0.3) is 0 Å². The SMILES string of the molecule is CCC1(C)CN(c2ccc(C#N)nn2)CCO1. The summed E-state index contributed by atoms with van der Waals surface area (Å²) in [6, 6.07) is 5.50. The van der Waals surface area contributed by atoms with Crippen LogP contribution in [0.15, 0.2) is 12.1 Å². The first-order chi connectivity index (χ1) is 8.17. The van der Waals surface area contributed by atoms with Gasteiger partial charge >= 0.3 is 0 Å². The second-order valence-electron chi connectivity index (χ2n) is 4.46. The van der Waals surface area contributed by atoms with E-state index in [1.165, 1.54) is 0 Å². The van der Waals surface area contributed by atoms with Crippen molar-refractivity contribution >= 4 is 5.82 Å². The average Bonchev–Trinajstić information content (AvgIpc) is 2.39. The molecule has 1 aliphatic rings. The molecule has 0 aromatic carbocycles. The van der Waals surface area contributed by atoms with Crippen molar-refractivity contribution < 1.29 is 4.74 Å². The quantitative estimate of drug-likeness (QED) is 0.770. The number of nitrogens with zero attached hydrogens (tertiary/aromatic N) is 4. The second-order valence-corrected chi connectivity index (χ2v) is 4.46. The van der Waals surface area contributed by atoms with E-state index in [0.717, 1.165) is 25.3 Å². The topological polar surface area (TPSA) is 62.0 Å². The molecular weight excluding hydrogens is 216 g/mol. The zero-order valence-corrected chi connectivity index (χ0v) is 10.2. The highest BCUT2D eigenvalue weighted by molar-refractivity contribution is 5.39. The van der Waals surface area contributed by atoms with Crippen molar-refractivity contribution in [2.24, 2.45) is 0 Å². The molecule has 0 aliphatic carbocycles. The van der Waals surface area contributed by atoms with E-state index < -0.39 is 0 Å². The summed E-state index contributed by atoms with van der Waals surface area (Å²) in [6.07, 6.45) is 0.965. The molecule has 0 spiro atoms. The van der Waals surface area contributed by atoms with Crippen LogP contribution >= 0.6 is 0 Å². The Hall–Kier alpha value is -1.67. The van der Waals surface area contributed by atoms with E-state index in [0.29, 0.717) is 12.3 Å². The van der Waals surface area contributed by atoms with Crippen LogP contribution in [-0.4, -0.2) is 35.5 Å². The molecule has 2 heterocycles. The van der Waals surface area contributed by atoms with Crippen molar-refractivity contribution in [3.63, 3.8) is 0 Å². The Morgan fingerprint density at radius 2 is 2.35 bits per heavy atom. The molecule has 1 aromatic rings. The normalized spacial score (nSPS) is 24.4. The van der Waals surface area contributed by atoms with E-state index in [4.69, 9.17) is 10.00 Å². The number of nitriles is 1. The van der Waals surface area contributed by atoms with Gasteiger partial charge in [0.05, 0.1) is 12.2 Å². The Labute approximate surface area is 101 Å². The molecule has 90 valence electrons. The van der Waals surface area contributed by atoms with Gasteiger partial charge in [-0.25, -0.2) is 0 Å². The zero-order chi connectivity index (χ0) is 12.3. The molecule has 1 fully saturated rings. The van der Waals surface area contributed by atoms with Crippen LogP contribution < -0.4 is 4.90 Å². The Morgan fingerprint density at radius 1 is 1.53 bits per heavy atom. The standard InChI is InChI=1S/C12H16N4O/c1-3-12(2)9-16(6-7-17-12)11-5-4-10(8-13)14-15-11/h4-5H,3,6-7,9H2,1-2H3. The molecule has 2 rings (SSSR count). The number of anilines is 1. The van der Waals surface area contributed by atoms with Gasteiger partial charge in [-0.15, -0.1) is 10.2 Å². The molecule has 0 bridgehead atoms. The van der Waals surface area contributed by atoms with Crippen LogP contribution in [0.5, 0.6) is 0 Å². The van der Waals surface area contributed by atoms with Gasteiger partial charge in [0.2, 0.25) is 0 Å². The molecule has 1 unspecified atom stereocenters. The summed E-state index contributed by atoms with van der Waals surface area (Å²) in [5.41, 5.74) is 0.230. The third kappa shape index (κ3) is 2.53. The van der Waals surface area contributed by atoms with Crippen LogP contribution in [0, 0.1) is 11.3 Å². The molecule has 1 atom stereocenters. The van der Waals surface area contributed by atoms with E-state index in [2.05, 4.69) is 28.9 Å². The number of aromatic nitrogens is 2. The first-order valence-electron chi connectivity index (χ1n) is 5.79. The molecule has 5 heteroatoms. The predicted octanol–water partition coefficient (Wildman–Crippen LogP) is 1.35. The van der Waals surface area contributed by atoms with E-state index in [9.17, 15) is 0 Å². The van der Waals surface area contributed by atoms with E-state index in [1.54, 1.807) is 6.07 Å². The maximum atomic E-state index is 8.67. The summed E-state index contributed by atoms with van der Waals surface area (Å²) in [7, 11) is 0. The predicted molar refractivity (Wildman–Crippen MR) is 63.6 cm³/mol. The van der Waals surface area contributed by atoms with Crippen molar-refractivity contribution in [3.8, 4) is 6.07 Å². The minimum absolute atomic E-state index is 0.117. The van der Waals surface area contributed by atoms with Crippen LogP contribution in [0.3, 0.4) is 0 Å². The largest absolute Gasteiger partial charge is 0.372 e. The highest BCUT2D eigenvalue weighted by Gasteiger charge is 2.30. The highest BCUT2D eigenvalue weighted by Crippen LogP contribution is 2.24. The van der Waals surface area contributed by atoms with Gasteiger partial charge in [-0.2, -0.15) is 5.26 Å². The third-order valence-corrected chi connectivity index (χ3v) is 3.17. The van der Waals surface area contributed by atoms with Crippen LogP contribution in [0.4, 0.5) is 5.82 Å². The minimum Gasteiger partial charge on any atom is -0.372 e. The van der Waals surface area contributed by atoms with E-state index >= 15 is 0 Å². The Balaban J connectivity index is 2.14. The summed E-state index contributed by atoms with van der Waals surface area (Å²) >= 11 is 0. The molecule has 0 N–H and O–H groups in total. The summed E-state index contributed by atoms with van der Waals surface area (Å²) in [5, 5.41) is 16.6. The lowest BCUT2D eigenvalue weighted by Crippen LogP contribution is -2.50. The zero-order valence-electron chi connectivity index (χ0n) is 10.2. The Bertz CT molecular complexity index is 425. The minimum atomic E-state index is -0.117. The van der Waals surface area contributed by atoms with Crippen molar-refractivity contribution in [1.82, 2.24) is 10.2 Å². The smallest absolute Gasteiger partial charge is 0.163 e. The van der Waals surface area contributed by atoms with E-state index in [-0.39, 0.29) is 5.60 Å². The van der Waals surface area contributed by atoms with Crippen molar-refractivity contribution in [2.75, 3.05) is 24.6 Å². The number of hydrogen-bond acceptors (Lipinski definition) is 5. The van der Waals surface area contributed by atoms with Gasteiger partial charge in [0, 0.05) is 13.1 Å². The molecule has 0 amide bonds. The molecule has 0 saturated carbocycles. The van der Waals surface area contributed by atoms with Gasteiger partial charge in [0.15, 0.2) is 11.5 Å². The second kappa shape index (κ2) is 4.68. The van der Waals surface area contributed by atoms with Crippen LogP contribution in [0.1, 0.15) is 26.0 Å². The first-order valence-corrected chi connectivity index (χ1v) is 5.79. The maximum Gasteiger partial charge on any atom is 0.163 e. The lowest BCUT2D eigenvalue weighted by atomic mass is 10.0. The number of hydrogen-bond donors (Lipinski definition) is 0. The Kier molecular flexibility index (Phi) is 3.25. The van der Waals surface area contributed by atoms with Crippen molar-refractivity contribution in [3.05, 3.63) is 17.8 Å². The molecular formula is C12H16N4O. The average molecular weight is 232 g/mol. The van der Waals surface area contributed by atoms with Gasteiger partial charge in [-0.3, -0.25) is 0 Å². The molecule has 5 nitrogen and oxygen atoms in total. The molecule has 1 saturated heterocycles. The fraction of sp³-hybridized carbons (Fsp3) is 0.583. The van der Waals surface area contributed by atoms with Gasteiger partial charge < -0.3 is 9.64 Å². The fourth-order valence-electron chi connectivity index (χ4n) is 1.89.